The zero-order valence-corrected chi connectivity index (χ0v) is 44.7. The molecule has 0 bridgehead atoms. The zero-order valence-electron chi connectivity index (χ0n) is 44.7. The number of rotatable bonds is 22. The van der Waals surface area contributed by atoms with Gasteiger partial charge in [-0.15, -0.1) is 0 Å². The Morgan fingerprint density at radius 1 is 1.00 bits per heavy atom. The molecular weight excluding hydrogens is 996 g/mol. The van der Waals surface area contributed by atoms with Crippen molar-refractivity contribution in [2.45, 2.75) is 143 Å². The highest BCUT2D eigenvalue weighted by Gasteiger charge is 2.46. The fraction of sp³-hybridized carbons (Fsp3) is 0.509. The number of cyclic esters (lactones) is 1. The lowest BCUT2D eigenvalue weighted by Crippen LogP contribution is -2.44. The van der Waals surface area contributed by atoms with Gasteiger partial charge in [0, 0.05) is 73.7 Å². The van der Waals surface area contributed by atoms with Crippen LogP contribution in [0.3, 0.4) is 0 Å². The molecule has 1 unspecified atom stereocenters. The number of halogens is 1. The standard InChI is InChI=1S/C57H67FN6O13/c1-8-57(74)41-23-45-51-39(25-64(45)54(71)40(41)27-76-55(57)72)50-43(18-17-37-32(5)42(58)24-44(61-51)49(37)50)60-47(67)28-75-29-62(7)56(73)77-26-35-15-13-34(14-16-35)21-46(66)33(6)59-52(69)38(30(2)3)22-36(65)12-10-9-11-19-63-48(68)20-31(4)53(63)70/h13-16,23-24,30-31,33,38,43,74H,8-12,17-22,25-29H2,1-7H3,(H,59,69)(H,60,67)/t31?,33-,38-,43-,57-/m0/s1. The van der Waals surface area contributed by atoms with E-state index in [4.69, 9.17) is 19.2 Å². The first-order valence-corrected chi connectivity index (χ1v) is 26.4. The van der Waals surface area contributed by atoms with E-state index in [-0.39, 0.29) is 111 Å². The van der Waals surface area contributed by atoms with Crippen LogP contribution in [0.25, 0.3) is 22.3 Å². The molecule has 5 amide bonds. The van der Waals surface area contributed by atoms with E-state index in [9.17, 15) is 48.3 Å². The number of carbonyl (C=O) groups excluding carboxylic acids is 8. The average Bonchev–Trinajstić information content (AvgIpc) is 3.90. The minimum atomic E-state index is -2.03. The van der Waals surface area contributed by atoms with Crippen LogP contribution in [0.5, 0.6) is 0 Å². The highest BCUT2D eigenvalue weighted by atomic mass is 19.1. The molecule has 0 spiro atoms. The van der Waals surface area contributed by atoms with Gasteiger partial charge < -0.3 is 34.5 Å². The second-order valence-electron chi connectivity index (χ2n) is 21.3. The number of aliphatic hydroxyl groups is 1. The topological polar surface area (TPSA) is 250 Å². The lowest BCUT2D eigenvalue weighted by atomic mass is 9.81. The number of Topliss-reactive ketones (excluding diaryl/α,β-unsaturated/α-hetero) is 2. The van der Waals surface area contributed by atoms with Gasteiger partial charge in [-0.1, -0.05) is 58.4 Å². The Morgan fingerprint density at radius 2 is 1.73 bits per heavy atom. The minimum absolute atomic E-state index is 0.0270. The molecule has 410 valence electrons. The van der Waals surface area contributed by atoms with Crippen molar-refractivity contribution in [2.24, 2.45) is 17.8 Å². The molecule has 3 N–H and O–H groups in total. The van der Waals surface area contributed by atoms with Gasteiger partial charge in [0.15, 0.2) is 11.4 Å². The molecule has 8 rings (SSSR count). The average molecular weight is 1060 g/mol. The molecular formula is C57H67FN6O13. The van der Waals surface area contributed by atoms with E-state index in [1.807, 2.05) is 13.8 Å². The summed E-state index contributed by atoms with van der Waals surface area (Å²) in [6.45, 7) is 9.68. The predicted octanol–water partition coefficient (Wildman–Crippen LogP) is 5.68. The molecule has 19 nitrogen and oxygen atoms in total. The number of aryl methyl sites for hydroxylation is 1. The third kappa shape index (κ3) is 11.6. The third-order valence-electron chi connectivity index (χ3n) is 15.5. The number of nitrogens with zero attached hydrogens (tertiary/aromatic N) is 4. The molecule has 5 atom stereocenters. The van der Waals surface area contributed by atoms with Gasteiger partial charge in [0.1, 0.15) is 38.2 Å². The van der Waals surface area contributed by atoms with Crippen LogP contribution in [0, 0.1) is 30.5 Å². The van der Waals surface area contributed by atoms with E-state index >= 15 is 4.39 Å². The van der Waals surface area contributed by atoms with Crippen LogP contribution in [-0.4, -0.2) is 105 Å². The van der Waals surface area contributed by atoms with Crippen molar-refractivity contribution in [2.75, 3.05) is 26.9 Å². The van der Waals surface area contributed by atoms with Gasteiger partial charge in [0.25, 0.3) is 5.56 Å². The van der Waals surface area contributed by atoms with E-state index in [2.05, 4.69) is 10.6 Å². The number of imide groups is 1. The second-order valence-corrected chi connectivity index (χ2v) is 21.3. The van der Waals surface area contributed by atoms with Crippen LogP contribution in [0.2, 0.25) is 0 Å². The largest absolute Gasteiger partial charge is 0.458 e. The number of esters is 1. The summed E-state index contributed by atoms with van der Waals surface area (Å²) in [5.74, 6) is -3.82. The van der Waals surface area contributed by atoms with Gasteiger partial charge in [-0.05, 0) is 85.8 Å². The number of aromatic nitrogens is 2. The SMILES string of the molecule is CC[C@@]1(O)C(=O)OCc2c1cc1n(c2=O)Cc2c-1nc1cc(F)c(C)c3c1c2[C@@H](NC(=O)COCN(C)C(=O)OCc1ccc(CC(=O)[C@H](C)NC(=O)[C@@H](CC(=O)CCCCCN2C(=O)CC(C)C2=O)C(C)C)cc1)CC3. The highest BCUT2D eigenvalue weighted by Crippen LogP contribution is 2.46. The Labute approximate surface area is 445 Å². The summed E-state index contributed by atoms with van der Waals surface area (Å²) >= 11 is 0. The zero-order chi connectivity index (χ0) is 55.6. The van der Waals surface area contributed by atoms with Crippen LogP contribution in [0.1, 0.15) is 137 Å². The van der Waals surface area contributed by atoms with Crippen LogP contribution in [0.4, 0.5) is 9.18 Å². The van der Waals surface area contributed by atoms with E-state index < -0.39 is 59.6 Å². The number of benzene rings is 2. The summed E-state index contributed by atoms with van der Waals surface area (Å²) in [4.78, 5) is 124. The maximum absolute atomic E-state index is 15.4. The Hall–Kier alpha value is -7.19. The Kier molecular flexibility index (Phi) is 16.9. The van der Waals surface area contributed by atoms with E-state index in [1.54, 1.807) is 58.0 Å². The quantitative estimate of drug-likeness (QED) is 0.0327. The number of fused-ring (bicyclic) bond motifs is 5. The monoisotopic (exact) mass is 1060 g/mol. The fourth-order valence-corrected chi connectivity index (χ4v) is 10.9. The molecule has 0 saturated carbocycles. The summed E-state index contributed by atoms with van der Waals surface area (Å²) < 4.78 is 33.2. The van der Waals surface area contributed by atoms with Crippen LogP contribution in [-0.2, 0) is 86.0 Å². The molecule has 1 saturated heterocycles. The predicted molar refractivity (Wildman–Crippen MR) is 277 cm³/mol. The molecule has 2 aromatic carbocycles. The molecule has 2 aromatic heterocycles. The Bertz CT molecular complexity index is 3120. The molecule has 0 radical (unpaired) electrons. The smallest absolute Gasteiger partial charge is 0.411 e. The van der Waals surface area contributed by atoms with Crippen molar-refractivity contribution in [3.05, 3.63) is 97.1 Å². The summed E-state index contributed by atoms with van der Waals surface area (Å²) in [5.41, 5.74) is 2.76. The normalized spacial score (nSPS) is 19.1. The van der Waals surface area contributed by atoms with Gasteiger partial charge in [0.2, 0.25) is 23.6 Å². The van der Waals surface area contributed by atoms with E-state index in [1.165, 1.54) is 22.6 Å². The van der Waals surface area contributed by atoms with E-state index in [0.717, 1.165) is 10.5 Å². The molecule has 1 aliphatic carbocycles. The van der Waals surface area contributed by atoms with Crippen LogP contribution in [0.15, 0.2) is 41.2 Å². The highest BCUT2D eigenvalue weighted by molar-refractivity contribution is 6.03. The Morgan fingerprint density at radius 3 is 2.42 bits per heavy atom. The number of nitrogens with one attached hydrogen (secondary N) is 2. The van der Waals surface area contributed by atoms with Gasteiger partial charge in [-0.25, -0.2) is 19.0 Å². The van der Waals surface area contributed by atoms with Gasteiger partial charge >= 0.3 is 12.1 Å². The third-order valence-corrected chi connectivity index (χ3v) is 15.5. The maximum atomic E-state index is 15.4. The Balaban J connectivity index is 0.789. The molecule has 77 heavy (non-hydrogen) atoms. The molecule has 3 aliphatic heterocycles. The number of hydrogen-bond donors (Lipinski definition) is 3. The fourth-order valence-electron chi connectivity index (χ4n) is 10.9. The molecule has 4 aliphatic rings. The number of ether oxygens (including phenoxy) is 3. The second kappa shape index (κ2) is 23.2. The lowest BCUT2D eigenvalue weighted by molar-refractivity contribution is -0.172. The lowest BCUT2D eigenvalue weighted by Gasteiger charge is -2.31. The van der Waals surface area contributed by atoms with Crippen molar-refractivity contribution in [3.63, 3.8) is 0 Å². The van der Waals surface area contributed by atoms with Gasteiger partial charge in [0.05, 0.1) is 41.1 Å². The van der Waals surface area contributed by atoms with Crippen molar-refractivity contribution in [1.29, 1.82) is 0 Å². The van der Waals surface area contributed by atoms with Crippen molar-refractivity contribution >= 4 is 58.2 Å². The molecule has 1 fully saturated rings. The number of pyridine rings is 2. The summed E-state index contributed by atoms with van der Waals surface area (Å²) in [7, 11) is 1.45. The van der Waals surface area contributed by atoms with Crippen molar-refractivity contribution < 1.29 is 62.1 Å². The van der Waals surface area contributed by atoms with Crippen molar-refractivity contribution in [3.8, 4) is 11.4 Å². The minimum Gasteiger partial charge on any atom is -0.458 e. The molecule has 5 heterocycles. The first kappa shape index (κ1) is 56.0. The number of amides is 5. The number of likely N-dealkylation sites (tertiary alicyclic amines) is 1. The first-order chi connectivity index (χ1) is 36.6. The van der Waals surface area contributed by atoms with Crippen LogP contribution >= 0.6 is 0 Å². The van der Waals surface area contributed by atoms with Crippen molar-refractivity contribution in [1.82, 2.24) is 30.0 Å². The van der Waals surface area contributed by atoms with Crippen LogP contribution < -0.4 is 16.2 Å². The summed E-state index contributed by atoms with van der Waals surface area (Å²) in [5, 5.41) is 17.9. The number of carbonyl (C=O) groups is 8. The molecule has 20 heteroatoms. The van der Waals surface area contributed by atoms with E-state index in [0.29, 0.717) is 88.8 Å². The number of ketones is 2. The molecule has 4 aromatic rings. The van der Waals surface area contributed by atoms with Gasteiger partial charge in [-0.2, -0.15) is 0 Å². The summed E-state index contributed by atoms with van der Waals surface area (Å²) in [6, 6.07) is 8.40. The van der Waals surface area contributed by atoms with Gasteiger partial charge in [-0.3, -0.25) is 43.4 Å². The maximum Gasteiger partial charge on any atom is 0.411 e. The number of unbranched alkanes of at least 4 members (excludes halogenated alkanes) is 2. The number of hydrogen-bond acceptors (Lipinski definition) is 14. The first-order valence-electron chi connectivity index (χ1n) is 26.4. The summed E-state index contributed by atoms with van der Waals surface area (Å²) in [6.07, 6.45) is 2.52.